The molecule has 1 fully saturated rings. The van der Waals surface area contributed by atoms with Gasteiger partial charge in [0.2, 0.25) is 15.9 Å². The van der Waals surface area contributed by atoms with Crippen LogP contribution in [0.2, 0.25) is 0 Å². The zero-order valence-corrected chi connectivity index (χ0v) is 21.7. The molecule has 34 heavy (non-hydrogen) atoms. The number of nitriles is 1. The van der Waals surface area contributed by atoms with Crippen LogP contribution in [0, 0.1) is 24.2 Å². The van der Waals surface area contributed by atoms with Gasteiger partial charge in [-0.15, -0.1) is 0 Å². The largest absolute Gasteiger partial charge is 0.369 e. The second-order valence-corrected chi connectivity index (χ2v) is 11.6. The fraction of sp³-hybridized carbons (Fsp3) is 0.522. The Morgan fingerprint density at radius 2 is 1.85 bits per heavy atom. The van der Waals surface area contributed by atoms with E-state index in [1.165, 1.54) is 22.1 Å². The van der Waals surface area contributed by atoms with Gasteiger partial charge in [-0.1, -0.05) is 26.0 Å². The Morgan fingerprint density at radius 1 is 1.21 bits per heavy atom. The van der Waals surface area contributed by atoms with Crippen LogP contribution in [-0.4, -0.2) is 68.0 Å². The van der Waals surface area contributed by atoms with Gasteiger partial charge in [-0.3, -0.25) is 4.79 Å². The molecule has 184 valence electrons. The van der Waals surface area contributed by atoms with Crippen molar-refractivity contribution in [3.8, 4) is 17.2 Å². The van der Waals surface area contributed by atoms with E-state index in [9.17, 15) is 13.2 Å². The first-order valence-electron chi connectivity index (χ1n) is 11.3. The summed E-state index contributed by atoms with van der Waals surface area (Å²) in [7, 11) is -3.16. The molecule has 1 atom stereocenters. The van der Waals surface area contributed by atoms with Gasteiger partial charge >= 0.3 is 0 Å². The number of amides is 1. The van der Waals surface area contributed by atoms with E-state index < -0.39 is 16.1 Å². The fourth-order valence-corrected chi connectivity index (χ4v) is 5.73. The summed E-state index contributed by atoms with van der Waals surface area (Å²) in [5, 5.41) is 15.6. The smallest absolute Gasteiger partial charge is 0.243 e. The number of carbonyl (C=O) groups is 1. The molecule has 1 aromatic heterocycles. The topological polar surface area (TPSA) is 118 Å². The molecule has 3 rings (SSSR count). The number of anilines is 2. The van der Waals surface area contributed by atoms with E-state index in [0.717, 1.165) is 27.5 Å². The molecular weight excluding hydrogens is 472 g/mol. The first-order valence-corrected chi connectivity index (χ1v) is 13.9. The number of aromatic nitrogens is 1. The summed E-state index contributed by atoms with van der Waals surface area (Å²) in [6.07, 6.45) is 1.88. The molecule has 1 aliphatic rings. The summed E-state index contributed by atoms with van der Waals surface area (Å²) in [5.41, 5.74) is 3.87. The first-order chi connectivity index (χ1) is 16.1. The van der Waals surface area contributed by atoms with Crippen LogP contribution in [0.3, 0.4) is 0 Å². The molecule has 0 spiro atoms. The van der Waals surface area contributed by atoms with E-state index in [-0.39, 0.29) is 12.5 Å². The van der Waals surface area contributed by atoms with Crippen molar-refractivity contribution in [3.63, 3.8) is 0 Å². The summed E-state index contributed by atoms with van der Waals surface area (Å²) in [6, 6.07) is 9.64. The lowest BCUT2D eigenvalue weighted by Crippen LogP contribution is -2.48. The highest BCUT2D eigenvalue weighted by molar-refractivity contribution is 7.88. The monoisotopic (exact) mass is 504 g/mol. The minimum atomic E-state index is -3.16. The highest BCUT2D eigenvalue weighted by atomic mass is 32.2. The van der Waals surface area contributed by atoms with Gasteiger partial charge in [-0.2, -0.15) is 13.9 Å². The van der Waals surface area contributed by atoms with Gasteiger partial charge in [0.1, 0.15) is 17.6 Å². The second kappa shape index (κ2) is 11.2. The maximum atomic E-state index is 12.6. The van der Waals surface area contributed by atoms with E-state index in [1.54, 1.807) is 0 Å². The van der Waals surface area contributed by atoms with Crippen molar-refractivity contribution in [2.75, 3.05) is 49.2 Å². The quantitative estimate of drug-likeness (QED) is 0.504. The summed E-state index contributed by atoms with van der Waals surface area (Å²) >= 11 is 1.32. The standard InChI is InChI=1S/C23H32N6O3S2/c1-16(2)15-20(22(30)25-10-9-24)26-23-21(17(3)27-33-23)18-5-7-19(8-6-18)28-11-13-29(14-12-28)34(4,31)32/h5-8,16,20,26H,10-15H2,1-4H3,(H,25,30)/t20-/m0/s1. The van der Waals surface area contributed by atoms with Crippen LogP contribution in [0.5, 0.6) is 0 Å². The SMILES string of the molecule is Cc1nsc(N[C@@H](CC(C)C)C(=O)NCC#N)c1-c1ccc(N2CCN(S(C)(=O)=O)CC2)cc1. The minimum Gasteiger partial charge on any atom is -0.369 e. The van der Waals surface area contributed by atoms with E-state index in [2.05, 4.69) is 33.8 Å². The van der Waals surface area contributed by atoms with Crippen molar-refractivity contribution in [1.82, 2.24) is 14.0 Å². The lowest BCUT2D eigenvalue weighted by Gasteiger charge is -2.34. The van der Waals surface area contributed by atoms with Crippen LogP contribution in [0.1, 0.15) is 26.0 Å². The Balaban J connectivity index is 1.76. The maximum absolute atomic E-state index is 12.6. The molecule has 0 aliphatic carbocycles. The molecule has 1 aliphatic heterocycles. The minimum absolute atomic E-state index is 0.0242. The zero-order valence-electron chi connectivity index (χ0n) is 20.0. The van der Waals surface area contributed by atoms with Gasteiger partial charge in [0.15, 0.2) is 0 Å². The van der Waals surface area contributed by atoms with Gasteiger partial charge in [-0.05, 0) is 48.5 Å². The van der Waals surface area contributed by atoms with Gasteiger partial charge in [0.05, 0.1) is 18.0 Å². The third-order valence-electron chi connectivity index (χ3n) is 5.76. The van der Waals surface area contributed by atoms with Crippen LogP contribution < -0.4 is 15.5 Å². The molecule has 2 aromatic rings. The average molecular weight is 505 g/mol. The lowest BCUT2D eigenvalue weighted by molar-refractivity contribution is -0.121. The normalized spacial score (nSPS) is 15.7. The summed E-state index contributed by atoms with van der Waals surface area (Å²) < 4.78 is 29.5. The van der Waals surface area contributed by atoms with Crippen molar-refractivity contribution in [3.05, 3.63) is 30.0 Å². The highest BCUT2D eigenvalue weighted by Gasteiger charge is 2.25. The number of carbonyl (C=O) groups excluding carboxylic acids is 1. The maximum Gasteiger partial charge on any atom is 0.243 e. The number of sulfonamides is 1. The van der Waals surface area contributed by atoms with E-state index >= 15 is 0 Å². The Bertz CT molecular complexity index is 1130. The third-order valence-corrected chi connectivity index (χ3v) is 7.93. The van der Waals surface area contributed by atoms with Gasteiger partial charge in [0.25, 0.3) is 0 Å². The number of hydrogen-bond donors (Lipinski definition) is 2. The summed E-state index contributed by atoms with van der Waals surface area (Å²) in [6.45, 7) is 8.28. The van der Waals surface area contributed by atoms with Crippen molar-refractivity contribution in [1.29, 1.82) is 5.26 Å². The van der Waals surface area contributed by atoms with Crippen molar-refractivity contribution < 1.29 is 13.2 Å². The highest BCUT2D eigenvalue weighted by Crippen LogP contribution is 2.36. The second-order valence-electron chi connectivity index (χ2n) is 8.87. The van der Waals surface area contributed by atoms with Crippen molar-refractivity contribution >= 4 is 38.2 Å². The molecule has 0 bridgehead atoms. The summed E-state index contributed by atoms with van der Waals surface area (Å²) in [5.74, 6) is 0.0982. The average Bonchev–Trinajstić information content (AvgIpc) is 3.16. The van der Waals surface area contributed by atoms with Crippen LogP contribution in [0.15, 0.2) is 24.3 Å². The van der Waals surface area contributed by atoms with Crippen molar-refractivity contribution in [2.24, 2.45) is 5.92 Å². The zero-order chi connectivity index (χ0) is 24.9. The molecule has 2 N–H and O–H groups in total. The number of hydrogen-bond acceptors (Lipinski definition) is 8. The predicted molar refractivity (Wildman–Crippen MR) is 136 cm³/mol. The molecule has 9 nitrogen and oxygen atoms in total. The number of nitrogens with zero attached hydrogens (tertiary/aromatic N) is 4. The van der Waals surface area contributed by atoms with Gasteiger partial charge in [0, 0.05) is 37.4 Å². The molecule has 0 unspecified atom stereocenters. The molecule has 11 heteroatoms. The van der Waals surface area contributed by atoms with Crippen LogP contribution in [0.4, 0.5) is 10.7 Å². The van der Waals surface area contributed by atoms with E-state index in [4.69, 9.17) is 5.26 Å². The van der Waals surface area contributed by atoms with Crippen molar-refractivity contribution in [2.45, 2.75) is 33.2 Å². The lowest BCUT2D eigenvalue weighted by atomic mass is 10.0. The molecular formula is C23H32N6O3S2. The van der Waals surface area contributed by atoms with Gasteiger partial charge in [-0.25, -0.2) is 8.42 Å². The molecule has 2 heterocycles. The number of piperazine rings is 1. The molecule has 0 radical (unpaired) electrons. The molecule has 1 amide bonds. The van der Waals surface area contributed by atoms with Crippen LogP contribution in [0.25, 0.3) is 11.1 Å². The fourth-order valence-electron chi connectivity index (χ4n) is 4.04. The Labute approximate surface area is 206 Å². The molecule has 1 aromatic carbocycles. The number of aryl methyl sites for hydroxylation is 1. The Morgan fingerprint density at radius 3 is 2.41 bits per heavy atom. The molecule has 1 saturated heterocycles. The Kier molecular flexibility index (Phi) is 8.52. The number of benzene rings is 1. The van der Waals surface area contributed by atoms with E-state index in [1.807, 2.05) is 37.3 Å². The number of nitrogens with one attached hydrogen (secondary N) is 2. The molecule has 0 saturated carbocycles. The number of rotatable bonds is 9. The van der Waals surface area contributed by atoms with Gasteiger partial charge < -0.3 is 15.5 Å². The van der Waals surface area contributed by atoms with Crippen LogP contribution >= 0.6 is 11.5 Å². The summed E-state index contributed by atoms with van der Waals surface area (Å²) in [4.78, 5) is 14.8. The van der Waals surface area contributed by atoms with Crippen LogP contribution in [-0.2, 0) is 14.8 Å². The Hall–Kier alpha value is -2.68. The first kappa shape index (κ1) is 25.9. The van der Waals surface area contributed by atoms with E-state index in [0.29, 0.717) is 38.5 Å². The predicted octanol–water partition coefficient (Wildman–Crippen LogP) is 2.67. The third kappa shape index (κ3) is 6.46.